The number of rotatable bonds is 4. The van der Waals surface area contributed by atoms with Crippen molar-refractivity contribution in [1.29, 1.82) is 0 Å². The van der Waals surface area contributed by atoms with Crippen LogP contribution in [0.2, 0.25) is 0 Å². The summed E-state index contributed by atoms with van der Waals surface area (Å²) in [5.74, 6) is 1.79. The number of piperidine rings is 2. The molecule has 0 N–H and O–H groups in total. The Morgan fingerprint density at radius 3 is 2.48 bits per heavy atom. The first-order valence-electron chi connectivity index (χ1n) is 11.4. The Balaban J connectivity index is 1.38. The van der Waals surface area contributed by atoms with Gasteiger partial charge in [0, 0.05) is 56.6 Å². The van der Waals surface area contributed by atoms with Gasteiger partial charge < -0.3 is 14.7 Å². The van der Waals surface area contributed by atoms with Crippen LogP contribution in [0.3, 0.4) is 0 Å². The molecule has 1 unspecified atom stereocenters. The van der Waals surface area contributed by atoms with Gasteiger partial charge in [-0.2, -0.15) is 0 Å². The van der Waals surface area contributed by atoms with Crippen molar-refractivity contribution < 1.29 is 9.59 Å². The Kier molecular flexibility index (Phi) is 6.54. The van der Waals surface area contributed by atoms with E-state index in [0.29, 0.717) is 17.4 Å². The molecule has 2 amide bonds. The summed E-state index contributed by atoms with van der Waals surface area (Å²) in [4.78, 5) is 36.3. The van der Waals surface area contributed by atoms with Crippen molar-refractivity contribution in [3.8, 4) is 0 Å². The Morgan fingerprint density at radius 2 is 1.77 bits per heavy atom. The quantitative estimate of drug-likeness (QED) is 0.754. The average Bonchev–Trinajstić information content (AvgIpc) is 2.83. The molecule has 0 saturated carbocycles. The fraction of sp³-hybridized carbons (Fsp3) is 0.480. The summed E-state index contributed by atoms with van der Waals surface area (Å²) in [5.41, 5.74) is 1.48. The summed E-state index contributed by atoms with van der Waals surface area (Å²) in [5, 5.41) is 0. The van der Waals surface area contributed by atoms with Gasteiger partial charge in [0.05, 0.1) is 0 Å². The second-order valence-electron chi connectivity index (χ2n) is 8.90. The Hall–Kier alpha value is -2.89. The van der Waals surface area contributed by atoms with Gasteiger partial charge in [0.15, 0.2) is 0 Å². The molecule has 164 valence electrons. The molecule has 31 heavy (non-hydrogen) atoms. The maximum Gasteiger partial charge on any atom is 0.258 e. The van der Waals surface area contributed by atoms with Crippen LogP contribution in [-0.2, 0) is 4.79 Å². The number of nitrogens with zero attached hydrogens (tertiary/aromatic N) is 4. The minimum absolute atomic E-state index is 0.0564. The molecule has 3 heterocycles. The van der Waals surface area contributed by atoms with E-state index in [0.717, 1.165) is 56.9 Å². The number of benzene rings is 1. The van der Waals surface area contributed by atoms with Crippen molar-refractivity contribution in [2.45, 2.75) is 32.6 Å². The molecule has 4 rings (SSSR count). The maximum atomic E-state index is 13.0. The minimum Gasteiger partial charge on any atom is -0.357 e. The van der Waals surface area contributed by atoms with Crippen LogP contribution in [0.4, 0.5) is 11.5 Å². The third kappa shape index (κ3) is 4.89. The molecule has 2 saturated heterocycles. The third-order valence-electron chi connectivity index (χ3n) is 6.58. The van der Waals surface area contributed by atoms with Crippen molar-refractivity contribution in [2.75, 3.05) is 43.0 Å². The fourth-order valence-corrected chi connectivity index (χ4v) is 4.69. The number of pyridine rings is 1. The molecule has 6 heteroatoms. The fourth-order valence-electron chi connectivity index (χ4n) is 4.69. The van der Waals surface area contributed by atoms with Gasteiger partial charge >= 0.3 is 0 Å². The number of anilines is 2. The number of likely N-dealkylation sites (tertiary alicyclic amines) is 1. The van der Waals surface area contributed by atoms with Crippen LogP contribution in [-0.4, -0.2) is 54.9 Å². The van der Waals surface area contributed by atoms with Crippen LogP contribution in [0.25, 0.3) is 0 Å². The lowest BCUT2D eigenvalue weighted by atomic mass is 9.92. The van der Waals surface area contributed by atoms with E-state index in [1.165, 1.54) is 6.42 Å². The van der Waals surface area contributed by atoms with E-state index in [2.05, 4.69) is 21.7 Å². The predicted molar refractivity (Wildman–Crippen MR) is 123 cm³/mol. The second-order valence-corrected chi connectivity index (χ2v) is 8.90. The van der Waals surface area contributed by atoms with Crippen LogP contribution in [0.15, 0.2) is 48.7 Å². The number of hydrogen-bond donors (Lipinski definition) is 0. The van der Waals surface area contributed by atoms with Crippen LogP contribution in [0, 0.1) is 11.8 Å². The summed E-state index contributed by atoms with van der Waals surface area (Å²) in [7, 11) is 1.79. The molecular formula is C25H32N4O2. The van der Waals surface area contributed by atoms with Gasteiger partial charge in [0.1, 0.15) is 5.82 Å². The molecule has 2 aliphatic heterocycles. The minimum atomic E-state index is -0.0564. The predicted octanol–water partition coefficient (Wildman–Crippen LogP) is 3.83. The van der Waals surface area contributed by atoms with Crippen molar-refractivity contribution >= 4 is 23.3 Å². The summed E-state index contributed by atoms with van der Waals surface area (Å²) in [6, 6.07) is 13.3. The Morgan fingerprint density at radius 1 is 1.03 bits per heavy atom. The van der Waals surface area contributed by atoms with E-state index < -0.39 is 0 Å². The zero-order valence-corrected chi connectivity index (χ0v) is 18.5. The van der Waals surface area contributed by atoms with E-state index in [-0.39, 0.29) is 11.8 Å². The topological polar surface area (TPSA) is 56.8 Å². The standard InChI is InChI=1S/C25H32N4O2/c1-19-7-6-14-29(18-19)25(31)20-11-15-28(16-12-20)23-17-21(10-13-26-23)24(30)27(2)22-8-4-3-5-9-22/h3-5,8-10,13,17,19-20H,6-7,11-12,14-16,18H2,1-2H3. The monoisotopic (exact) mass is 420 g/mol. The van der Waals surface area contributed by atoms with Crippen molar-refractivity contribution in [1.82, 2.24) is 9.88 Å². The van der Waals surface area contributed by atoms with Crippen LogP contribution < -0.4 is 9.80 Å². The van der Waals surface area contributed by atoms with Crippen LogP contribution >= 0.6 is 0 Å². The molecule has 1 atom stereocenters. The lowest BCUT2D eigenvalue weighted by Gasteiger charge is -2.37. The van der Waals surface area contributed by atoms with E-state index in [1.54, 1.807) is 24.2 Å². The van der Waals surface area contributed by atoms with Crippen molar-refractivity contribution in [2.24, 2.45) is 11.8 Å². The van der Waals surface area contributed by atoms with Gasteiger partial charge in [-0.3, -0.25) is 9.59 Å². The maximum absolute atomic E-state index is 13.0. The molecule has 2 aromatic rings. The lowest BCUT2D eigenvalue weighted by Crippen LogP contribution is -2.46. The van der Waals surface area contributed by atoms with Crippen LogP contribution in [0.5, 0.6) is 0 Å². The van der Waals surface area contributed by atoms with Gasteiger partial charge in [-0.1, -0.05) is 25.1 Å². The lowest BCUT2D eigenvalue weighted by molar-refractivity contribution is -0.137. The Labute approximate surface area is 184 Å². The molecule has 1 aromatic heterocycles. The zero-order chi connectivity index (χ0) is 21.8. The molecular weight excluding hydrogens is 388 g/mol. The molecule has 2 fully saturated rings. The van der Waals surface area contributed by atoms with Crippen LogP contribution in [0.1, 0.15) is 43.0 Å². The van der Waals surface area contributed by atoms with E-state index in [9.17, 15) is 9.59 Å². The highest BCUT2D eigenvalue weighted by atomic mass is 16.2. The SMILES string of the molecule is CC1CCCN(C(=O)C2CCN(c3cc(C(=O)N(C)c4ccccc4)ccn3)CC2)C1. The highest BCUT2D eigenvalue weighted by molar-refractivity contribution is 6.06. The number of carbonyl (C=O) groups excluding carboxylic acids is 2. The van der Waals surface area contributed by atoms with Crippen molar-refractivity contribution in [3.05, 3.63) is 54.2 Å². The van der Waals surface area contributed by atoms with E-state index >= 15 is 0 Å². The van der Waals surface area contributed by atoms with Gasteiger partial charge in [-0.05, 0) is 55.9 Å². The summed E-state index contributed by atoms with van der Waals surface area (Å²) < 4.78 is 0. The van der Waals surface area contributed by atoms with Gasteiger partial charge in [0.2, 0.25) is 5.91 Å². The smallest absolute Gasteiger partial charge is 0.258 e. The number of amides is 2. The summed E-state index contributed by atoms with van der Waals surface area (Å²) in [6.45, 7) is 5.62. The Bertz CT molecular complexity index is 909. The molecule has 0 spiro atoms. The summed E-state index contributed by atoms with van der Waals surface area (Å²) in [6.07, 6.45) is 5.73. The van der Waals surface area contributed by atoms with E-state index in [4.69, 9.17) is 0 Å². The van der Waals surface area contributed by atoms with Crippen molar-refractivity contribution in [3.63, 3.8) is 0 Å². The normalized spacial score (nSPS) is 19.9. The molecule has 0 aliphatic carbocycles. The third-order valence-corrected chi connectivity index (χ3v) is 6.58. The summed E-state index contributed by atoms with van der Waals surface area (Å²) >= 11 is 0. The average molecular weight is 421 g/mol. The highest BCUT2D eigenvalue weighted by Crippen LogP contribution is 2.26. The number of aromatic nitrogens is 1. The number of para-hydroxylation sites is 1. The number of hydrogen-bond acceptors (Lipinski definition) is 4. The van der Waals surface area contributed by atoms with Gasteiger partial charge in [0.25, 0.3) is 5.91 Å². The highest BCUT2D eigenvalue weighted by Gasteiger charge is 2.31. The molecule has 1 aromatic carbocycles. The molecule has 0 radical (unpaired) electrons. The van der Waals surface area contributed by atoms with Gasteiger partial charge in [-0.15, -0.1) is 0 Å². The zero-order valence-electron chi connectivity index (χ0n) is 18.5. The first kappa shape index (κ1) is 21.3. The second kappa shape index (κ2) is 9.50. The molecule has 0 bridgehead atoms. The molecule has 2 aliphatic rings. The number of carbonyl (C=O) groups is 2. The largest absolute Gasteiger partial charge is 0.357 e. The van der Waals surface area contributed by atoms with E-state index in [1.807, 2.05) is 36.4 Å². The first-order valence-corrected chi connectivity index (χ1v) is 11.4. The molecule has 6 nitrogen and oxygen atoms in total. The van der Waals surface area contributed by atoms with Gasteiger partial charge in [-0.25, -0.2) is 4.98 Å². The first-order chi connectivity index (χ1) is 15.0.